The Balaban J connectivity index is 0.000000220. The summed E-state index contributed by atoms with van der Waals surface area (Å²) in [4.78, 5) is 20.7. The van der Waals surface area contributed by atoms with Gasteiger partial charge in [0.2, 0.25) is 0 Å². The summed E-state index contributed by atoms with van der Waals surface area (Å²) in [5, 5.41) is 21.8. The van der Waals surface area contributed by atoms with Crippen molar-refractivity contribution in [3.8, 4) is 11.5 Å². The highest BCUT2D eigenvalue weighted by Gasteiger charge is 2.02. The standard InChI is InChI=1S/2C17H20O3/c18-17(19)12-3-1-2-6-13-20-16-11-7-9-14-8-4-5-10-15(14)16;18-17(19)9-3-1-2-6-12-20-16-11-10-14-7-4-5-8-15(14)13-16/h4-5,7-11H,1-3,6,12-13H2,(H,18,19);4-5,7-8,10-11,13H,1-3,6,9,12H2,(H,18,19). The molecule has 0 aliphatic rings. The smallest absolute Gasteiger partial charge is 0.303 e. The average Bonchev–Trinajstić information content (AvgIpc) is 2.96. The number of carbonyl (C=O) groups is 2. The average molecular weight is 545 g/mol. The van der Waals surface area contributed by atoms with Crippen molar-refractivity contribution in [2.75, 3.05) is 13.2 Å². The lowest BCUT2D eigenvalue weighted by Gasteiger charge is -2.09. The lowest BCUT2D eigenvalue weighted by Crippen LogP contribution is -1.98. The van der Waals surface area contributed by atoms with Crippen molar-refractivity contribution in [3.63, 3.8) is 0 Å². The molecule has 2 N–H and O–H groups in total. The van der Waals surface area contributed by atoms with Crippen molar-refractivity contribution >= 4 is 33.5 Å². The van der Waals surface area contributed by atoms with E-state index in [4.69, 9.17) is 19.7 Å². The van der Waals surface area contributed by atoms with Gasteiger partial charge in [-0.05, 0) is 60.0 Å². The quantitative estimate of drug-likeness (QED) is 0.137. The number of carboxylic acids is 2. The van der Waals surface area contributed by atoms with Crippen LogP contribution >= 0.6 is 0 Å². The molecule has 4 aromatic carbocycles. The van der Waals surface area contributed by atoms with E-state index in [-0.39, 0.29) is 12.8 Å². The number of benzene rings is 4. The first kappa shape index (κ1) is 30.5. The van der Waals surface area contributed by atoms with Crippen LogP contribution in [0.1, 0.15) is 64.2 Å². The van der Waals surface area contributed by atoms with Crippen LogP contribution in [0.15, 0.2) is 84.9 Å². The Morgan fingerprint density at radius 1 is 0.525 bits per heavy atom. The molecule has 0 saturated heterocycles. The molecule has 0 saturated carbocycles. The summed E-state index contributed by atoms with van der Waals surface area (Å²) in [5.41, 5.74) is 0. The Bertz CT molecular complexity index is 1320. The molecule has 40 heavy (non-hydrogen) atoms. The summed E-state index contributed by atoms with van der Waals surface area (Å²) >= 11 is 0. The van der Waals surface area contributed by atoms with Crippen LogP contribution in [0, 0.1) is 0 Å². The molecule has 0 bridgehead atoms. The second kappa shape index (κ2) is 17.5. The van der Waals surface area contributed by atoms with Gasteiger partial charge < -0.3 is 19.7 Å². The molecule has 0 fully saturated rings. The number of unbranched alkanes of at least 4 members (excludes halogenated alkanes) is 6. The van der Waals surface area contributed by atoms with E-state index in [1.54, 1.807) is 0 Å². The zero-order valence-electron chi connectivity index (χ0n) is 23.1. The van der Waals surface area contributed by atoms with Gasteiger partial charge in [0.15, 0.2) is 0 Å². The third-order valence-corrected chi connectivity index (χ3v) is 6.57. The van der Waals surface area contributed by atoms with E-state index < -0.39 is 11.9 Å². The summed E-state index contributed by atoms with van der Waals surface area (Å²) in [7, 11) is 0. The van der Waals surface area contributed by atoms with Gasteiger partial charge in [0.1, 0.15) is 11.5 Å². The van der Waals surface area contributed by atoms with Gasteiger partial charge in [-0.25, -0.2) is 0 Å². The van der Waals surface area contributed by atoms with Gasteiger partial charge in [-0.2, -0.15) is 0 Å². The predicted octanol–water partition coefficient (Wildman–Crippen LogP) is 8.51. The number of aliphatic carboxylic acids is 2. The molecule has 212 valence electrons. The zero-order chi connectivity index (χ0) is 28.4. The molecule has 6 nitrogen and oxygen atoms in total. The van der Waals surface area contributed by atoms with Crippen LogP contribution in [0.2, 0.25) is 0 Å². The van der Waals surface area contributed by atoms with Crippen LogP contribution in [-0.2, 0) is 9.59 Å². The molecule has 0 amide bonds. The molecule has 4 aromatic rings. The molecule has 4 rings (SSSR count). The molecule has 0 aliphatic carbocycles. The maximum Gasteiger partial charge on any atom is 0.303 e. The normalized spacial score (nSPS) is 10.6. The van der Waals surface area contributed by atoms with E-state index in [1.807, 2.05) is 42.5 Å². The van der Waals surface area contributed by atoms with E-state index in [0.29, 0.717) is 13.2 Å². The number of hydrogen-bond donors (Lipinski definition) is 2. The van der Waals surface area contributed by atoms with Crippen molar-refractivity contribution in [1.29, 1.82) is 0 Å². The molecule has 0 unspecified atom stereocenters. The van der Waals surface area contributed by atoms with Crippen LogP contribution in [0.4, 0.5) is 0 Å². The molecule has 6 heteroatoms. The molecular weight excluding hydrogens is 504 g/mol. The van der Waals surface area contributed by atoms with Crippen molar-refractivity contribution < 1.29 is 29.3 Å². The van der Waals surface area contributed by atoms with E-state index in [9.17, 15) is 9.59 Å². The highest BCUT2D eigenvalue weighted by Crippen LogP contribution is 2.25. The van der Waals surface area contributed by atoms with E-state index in [0.717, 1.165) is 68.3 Å². The number of hydrogen-bond acceptors (Lipinski definition) is 4. The number of fused-ring (bicyclic) bond motifs is 2. The van der Waals surface area contributed by atoms with Gasteiger partial charge in [0, 0.05) is 18.2 Å². The minimum atomic E-state index is -0.711. The first-order valence-electron chi connectivity index (χ1n) is 14.2. The van der Waals surface area contributed by atoms with Crippen molar-refractivity contribution in [2.24, 2.45) is 0 Å². The maximum atomic E-state index is 10.4. The molecule has 0 spiro atoms. The van der Waals surface area contributed by atoms with Gasteiger partial charge in [-0.3, -0.25) is 9.59 Å². The summed E-state index contributed by atoms with van der Waals surface area (Å²) in [6.45, 7) is 1.37. The zero-order valence-corrected chi connectivity index (χ0v) is 23.1. The van der Waals surface area contributed by atoms with E-state index >= 15 is 0 Å². The van der Waals surface area contributed by atoms with Gasteiger partial charge >= 0.3 is 11.9 Å². The summed E-state index contributed by atoms with van der Waals surface area (Å²) in [6, 6.07) is 28.6. The highest BCUT2D eigenvalue weighted by molar-refractivity contribution is 5.88. The van der Waals surface area contributed by atoms with Crippen molar-refractivity contribution in [3.05, 3.63) is 84.9 Å². The Hall–Kier alpha value is -4.06. The van der Waals surface area contributed by atoms with E-state index in [2.05, 4.69) is 42.5 Å². The highest BCUT2D eigenvalue weighted by atomic mass is 16.5. The molecule has 0 heterocycles. The predicted molar refractivity (Wildman–Crippen MR) is 160 cm³/mol. The molecule has 0 aromatic heterocycles. The lowest BCUT2D eigenvalue weighted by atomic mass is 10.1. The Labute approximate surface area is 236 Å². The Morgan fingerprint density at radius 2 is 1.07 bits per heavy atom. The van der Waals surface area contributed by atoms with Crippen LogP contribution in [0.3, 0.4) is 0 Å². The van der Waals surface area contributed by atoms with Crippen LogP contribution < -0.4 is 9.47 Å². The van der Waals surface area contributed by atoms with Crippen molar-refractivity contribution in [2.45, 2.75) is 64.2 Å². The third-order valence-electron chi connectivity index (χ3n) is 6.57. The SMILES string of the molecule is O=C(O)CCCCCCOc1ccc2ccccc2c1.O=C(O)CCCCCCOc1cccc2ccccc12. The van der Waals surface area contributed by atoms with Crippen molar-refractivity contribution in [1.82, 2.24) is 0 Å². The number of carboxylic acid groups (broad SMARTS) is 2. The Morgan fingerprint density at radius 3 is 1.75 bits per heavy atom. The molecular formula is C34H40O6. The third kappa shape index (κ3) is 11.4. The fourth-order valence-electron chi connectivity index (χ4n) is 4.41. The summed E-state index contributed by atoms with van der Waals surface area (Å²) < 4.78 is 11.6. The maximum absolute atomic E-state index is 10.4. The topological polar surface area (TPSA) is 93.1 Å². The monoisotopic (exact) mass is 544 g/mol. The van der Waals surface area contributed by atoms with Gasteiger partial charge in [-0.15, -0.1) is 0 Å². The van der Waals surface area contributed by atoms with Gasteiger partial charge in [0.25, 0.3) is 0 Å². The van der Waals surface area contributed by atoms with Crippen LogP contribution in [0.5, 0.6) is 11.5 Å². The second-order valence-corrected chi connectivity index (χ2v) is 9.80. The summed E-state index contributed by atoms with van der Waals surface area (Å²) in [6.07, 6.45) is 7.90. The number of rotatable bonds is 16. The van der Waals surface area contributed by atoms with Crippen LogP contribution in [-0.4, -0.2) is 35.4 Å². The first-order chi connectivity index (χ1) is 19.5. The largest absolute Gasteiger partial charge is 0.494 e. The molecule has 0 atom stereocenters. The first-order valence-corrected chi connectivity index (χ1v) is 14.2. The Kier molecular flexibility index (Phi) is 13.3. The van der Waals surface area contributed by atoms with E-state index in [1.165, 1.54) is 16.2 Å². The lowest BCUT2D eigenvalue weighted by molar-refractivity contribution is -0.138. The minimum absolute atomic E-state index is 0.268. The molecule has 0 aliphatic heterocycles. The van der Waals surface area contributed by atoms with Gasteiger partial charge in [0.05, 0.1) is 13.2 Å². The molecule has 0 radical (unpaired) electrons. The second-order valence-electron chi connectivity index (χ2n) is 9.80. The minimum Gasteiger partial charge on any atom is -0.494 e. The van der Waals surface area contributed by atoms with Crippen LogP contribution in [0.25, 0.3) is 21.5 Å². The van der Waals surface area contributed by atoms with Gasteiger partial charge in [-0.1, -0.05) is 92.4 Å². The summed E-state index contributed by atoms with van der Waals surface area (Å²) in [5.74, 6) is 0.400. The fourth-order valence-corrected chi connectivity index (χ4v) is 4.41. The fraction of sp³-hybridized carbons (Fsp3) is 0.353. The number of ether oxygens (including phenoxy) is 2.